The highest BCUT2D eigenvalue weighted by Crippen LogP contribution is 2.28. The van der Waals surface area contributed by atoms with Gasteiger partial charge in [-0.05, 0) is 43.0 Å². The zero-order valence-corrected chi connectivity index (χ0v) is 23.0. The molecule has 0 heterocycles. The SMILES string of the molecule is CCCCNC(=O)[C@H](CC)N(Cc1ccc(Cl)cc1)C(=O)CN(c1cc([N+](=O)[O-])ccc1C)S(C)(=O)=O. The second kappa shape index (κ2) is 13.4. The van der Waals surface area contributed by atoms with Gasteiger partial charge >= 0.3 is 0 Å². The Labute approximate surface area is 222 Å². The molecular weight excluding hydrogens is 520 g/mol. The zero-order valence-electron chi connectivity index (χ0n) is 21.4. The van der Waals surface area contributed by atoms with E-state index in [0.717, 1.165) is 29.5 Å². The maximum absolute atomic E-state index is 13.7. The minimum Gasteiger partial charge on any atom is -0.354 e. The number of sulfonamides is 1. The molecule has 2 amide bonds. The Hall–Kier alpha value is -3.18. The highest BCUT2D eigenvalue weighted by molar-refractivity contribution is 7.92. The van der Waals surface area contributed by atoms with Gasteiger partial charge in [0, 0.05) is 30.2 Å². The number of halogens is 1. The normalized spacial score (nSPS) is 12.0. The molecule has 0 unspecified atom stereocenters. The van der Waals surface area contributed by atoms with Gasteiger partial charge in [0.05, 0.1) is 16.9 Å². The fourth-order valence-electron chi connectivity index (χ4n) is 3.79. The van der Waals surface area contributed by atoms with Crippen molar-refractivity contribution >= 4 is 44.8 Å². The van der Waals surface area contributed by atoms with Crippen molar-refractivity contribution in [2.75, 3.05) is 23.7 Å². The van der Waals surface area contributed by atoms with Gasteiger partial charge in [-0.3, -0.25) is 24.0 Å². The van der Waals surface area contributed by atoms with Crippen LogP contribution in [0.4, 0.5) is 11.4 Å². The van der Waals surface area contributed by atoms with Gasteiger partial charge in [0.1, 0.15) is 12.6 Å². The zero-order chi connectivity index (χ0) is 27.8. The summed E-state index contributed by atoms with van der Waals surface area (Å²) in [6.45, 7) is 5.23. The monoisotopic (exact) mass is 552 g/mol. The Balaban J connectivity index is 2.48. The van der Waals surface area contributed by atoms with Gasteiger partial charge < -0.3 is 10.2 Å². The maximum Gasteiger partial charge on any atom is 0.271 e. The van der Waals surface area contributed by atoms with E-state index in [9.17, 15) is 28.1 Å². The predicted octanol–water partition coefficient (Wildman–Crippen LogP) is 4.05. The smallest absolute Gasteiger partial charge is 0.271 e. The molecule has 0 fully saturated rings. The number of benzene rings is 2. The predicted molar refractivity (Wildman–Crippen MR) is 144 cm³/mol. The van der Waals surface area contributed by atoms with Crippen molar-refractivity contribution in [2.24, 2.45) is 0 Å². The summed E-state index contributed by atoms with van der Waals surface area (Å²) in [4.78, 5) is 38.7. The van der Waals surface area contributed by atoms with Crippen LogP contribution in [0.3, 0.4) is 0 Å². The molecule has 0 bridgehead atoms. The van der Waals surface area contributed by atoms with Gasteiger partial charge in [0.25, 0.3) is 5.69 Å². The first-order valence-corrected chi connectivity index (χ1v) is 14.2. The number of aryl methyl sites for hydroxylation is 1. The summed E-state index contributed by atoms with van der Waals surface area (Å²) in [5.74, 6) is -0.959. The number of nitro groups is 1. The van der Waals surface area contributed by atoms with Gasteiger partial charge in [-0.2, -0.15) is 0 Å². The molecule has 0 saturated heterocycles. The topological polar surface area (TPSA) is 130 Å². The Morgan fingerprint density at radius 3 is 2.32 bits per heavy atom. The van der Waals surface area contributed by atoms with Crippen LogP contribution in [0.2, 0.25) is 5.02 Å². The fourth-order valence-corrected chi connectivity index (χ4v) is 4.81. The molecule has 0 spiro atoms. The lowest BCUT2D eigenvalue weighted by Crippen LogP contribution is -2.52. The summed E-state index contributed by atoms with van der Waals surface area (Å²) in [7, 11) is -4.01. The standard InChI is InChI=1S/C25H33ClN4O6S/c1-5-7-14-27-25(32)22(6-2)28(16-19-9-11-20(26)12-10-19)24(31)17-29(37(4,35)36)23-15-21(30(33)34)13-8-18(23)3/h8-13,15,22H,5-7,14,16-17H2,1-4H3,(H,27,32)/t22-/m0/s1. The molecule has 1 N–H and O–H groups in total. The summed E-state index contributed by atoms with van der Waals surface area (Å²) in [6, 6.07) is 9.75. The Morgan fingerprint density at radius 2 is 1.78 bits per heavy atom. The van der Waals surface area contributed by atoms with Gasteiger partial charge in [-0.1, -0.05) is 50.1 Å². The molecule has 1 atom stereocenters. The van der Waals surface area contributed by atoms with Crippen LogP contribution in [0, 0.1) is 17.0 Å². The highest BCUT2D eigenvalue weighted by Gasteiger charge is 2.32. The van der Waals surface area contributed by atoms with Crippen molar-refractivity contribution < 1.29 is 22.9 Å². The van der Waals surface area contributed by atoms with Crippen LogP contribution >= 0.6 is 11.6 Å². The van der Waals surface area contributed by atoms with Gasteiger partial charge in [-0.25, -0.2) is 8.42 Å². The van der Waals surface area contributed by atoms with E-state index in [4.69, 9.17) is 11.6 Å². The highest BCUT2D eigenvalue weighted by atomic mass is 35.5. The van der Waals surface area contributed by atoms with Crippen molar-refractivity contribution in [2.45, 2.75) is 52.6 Å². The summed E-state index contributed by atoms with van der Waals surface area (Å²) in [5, 5.41) is 14.7. The van der Waals surface area contributed by atoms with Crippen LogP contribution in [0.15, 0.2) is 42.5 Å². The first-order chi connectivity index (χ1) is 17.4. The van der Waals surface area contributed by atoms with Crippen molar-refractivity contribution in [3.05, 3.63) is 68.7 Å². The number of hydrogen-bond acceptors (Lipinski definition) is 6. The van der Waals surface area contributed by atoms with Crippen LogP contribution in [0.5, 0.6) is 0 Å². The number of nitro benzene ring substituents is 1. The number of hydrogen-bond donors (Lipinski definition) is 1. The lowest BCUT2D eigenvalue weighted by molar-refractivity contribution is -0.384. The van der Waals surface area contributed by atoms with E-state index >= 15 is 0 Å². The van der Waals surface area contributed by atoms with Gasteiger partial charge in [0.15, 0.2) is 0 Å². The minimum absolute atomic E-state index is 0.0249. The molecule has 10 nitrogen and oxygen atoms in total. The quantitative estimate of drug-likeness (QED) is 0.227. The number of rotatable bonds is 13. The fraction of sp³-hybridized carbons (Fsp3) is 0.440. The van der Waals surface area contributed by atoms with E-state index in [1.54, 1.807) is 38.1 Å². The van der Waals surface area contributed by atoms with E-state index in [1.807, 2.05) is 6.92 Å². The minimum atomic E-state index is -4.01. The summed E-state index contributed by atoms with van der Waals surface area (Å²) < 4.78 is 26.4. The van der Waals surface area contributed by atoms with Crippen LogP contribution < -0.4 is 9.62 Å². The molecule has 0 aliphatic rings. The number of unbranched alkanes of at least 4 members (excludes halogenated alkanes) is 1. The third kappa shape index (κ3) is 8.43. The first kappa shape index (κ1) is 30.0. The first-order valence-electron chi connectivity index (χ1n) is 11.9. The Morgan fingerprint density at radius 1 is 1.14 bits per heavy atom. The largest absolute Gasteiger partial charge is 0.354 e. The average Bonchev–Trinajstić information content (AvgIpc) is 2.83. The lowest BCUT2D eigenvalue weighted by Gasteiger charge is -2.33. The molecule has 2 aromatic carbocycles. The van der Waals surface area contributed by atoms with Crippen molar-refractivity contribution in [1.29, 1.82) is 0 Å². The van der Waals surface area contributed by atoms with Crippen molar-refractivity contribution in [1.82, 2.24) is 10.2 Å². The number of carbonyl (C=O) groups is 2. The average molecular weight is 553 g/mol. The van der Waals surface area contributed by atoms with E-state index in [1.165, 1.54) is 17.0 Å². The Bertz CT molecular complexity index is 1220. The molecule has 0 aliphatic carbocycles. The molecule has 12 heteroatoms. The summed E-state index contributed by atoms with van der Waals surface area (Å²) in [6.07, 6.45) is 2.89. The van der Waals surface area contributed by atoms with Gasteiger partial charge in [-0.15, -0.1) is 0 Å². The number of nitrogens with zero attached hydrogens (tertiary/aromatic N) is 3. The van der Waals surface area contributed by atoms with Crippen LogP contribution in [0.25, 0.3) is 0 Å². The molecule has 2 aromatic rings. The molecule has 37 heavy (non-hydrogen) atoms. The molecule has 0 aliphatic heterocycles. The van der Waals surface area contributed by atoms with E-state index in [0.29, 0.717) is 29.1 Å². The number of amides is 2. The summed E-state index contributed by atoms with van der Waals surface area (Å²) >= 11 is 5.99. The molecular formula is C25H33ClN4O6S. The third-order valence-electron chi connectivity index (χ3n) is 5.83. The second-order valence-corrected chi connectivity index (χ2v) is 11.1. The van der Waals surface area contributed by atoms with E-state index < -0.39 is 33.4 Å². The van der Waals surface area contributed by atoms with Crippen molar-refractivity contribution in [3.8, 4) is 0 Å². The van der Waals surface area contributed by atoms with Crippen LogP contribution in [-0.4, -0.2) is 55.4 Å². The maximum atomic E-state index is 13.7. The number of anilines is 1. The molecule has 202 valence electrons. The molecule has 0 aromatic heterocycles. The van der Waals surface area contributed by atoms with Gasteiger partial charge in [0.2, 0.25) is 21.8 Å². The lowest BCUT2D eigenvalue weighted by atomic mass is 10.1. The summed E-state index contributed by atoms with van der Waals surface area (Å²) in [5.41, 5.74) is 0.866. The van der Waals surface area contributed by atoms with Crippen LogP contribution in [-0.2, 0) is 26.2 Å². The molecule has 2 rings (SSSR count). The number of carbonyl (C=O) groups excluding carboxylic acids is 2. The van der Waals surface area contributed by atoms with E-state index in [-0.39, 0.29) is 23.8 Å². The molecule has 0 radical (unpaired) electrons. The third-order valence-corrected chi connectivity index (χ3v) is 7.21. The van der Waals surface area contributed by atoms with Crippen LogP contribution in [0.1, 0.15) is 44.2 Å². The molecule has 0 saturated carbocycles. The Kier molecular flexibility index (Phi) is 10.9. The van der Waals surface area contributed by atoms with Crippen molar-refractivity contribution in [3.63, 3.8) is 0 Å². The second-order valence-electron chi connectivity index (χ2n) is 8.71. The van der Waals surface area contributed by atoms with E-state index in [2.05, 4.69) is 5.32 Å². The number of non-ortho nitro benzene ring substituents is 1. The number of nitrogens with one attached hydrogen (secondary N) is 1.